The second kappa shape index (κ2) is 9.15. The lowest BCUT2D eigenvalue weighted by atomic mass is 10.3. The van der Waals surface area contributed by atoms with Gasteiger partial charge in [-0.3, -0.25) is 0 Å². The van der Waals surface area contributed by atoms with Crippen molar-refractivity contribution in [1.29, 1.82) is 0 Å². The van der Waals surface area contributed by atoms with Gasteiger partial charge in [0.15, 0.2) is 0 Å². The van der Waals surface area contributed by atoms with E-state index >= 15 is 0 Å². The van der Waals surface area contributed by atoms with E-state index in [1.165, 1.54) is 0 Å². The van der Waals surface area contributed by atoms with Crippen LogP contribution in [0.25, 0.3) is 0 Å². The van der Waals surface area contributed by atoms with Crippen LogP contribution in [0.15, 0.2) is 17.0 Å². The van der Waals surface area contributed by atoms with E-state index in [4.69, 9.17) is 16.3 Å². The summed E-state index contributed by atoms with van der Waals surface area (Å²) in [7, 11) is 0. The highest BCUT2D eigenvalue weighted by Gasteiger charge is 2.19. The second-order valence-corrected chi connectivity index (χ2v) is 10.6. The Balaban J connectivity index is 4.49. The quantitative estimate of drug-likeness (QED) is 0.414. The smallest absolute Gasteiger partial charge is 0.233 e. The van der Waals surface area contributed by atoms with Crippen molar-refractivity contribution < 1.29 is 4.52 Å². The summed E-state index contributed by atoms with van der Waals surface area (Å²) in [5.74, 6) is 1.57. The molecule has 0 aromatic rings. The van der Waals surface area contributed by atoms with Gasteiger partial charge in [0.1, 0.15) is 0 Å². The molecule has 0 spiro atoms. The van der Waals surface area contributed by atoms with Gasteiger partial charge in [-0.05, 0) is 44.7 Å². The first-order chi connectivity index (χ1) is 7.89. The van der Waals surface area contributed by atoms with Gasteiger partial charge >= 0.3 is 0 Å². The number of hydrogen-bond acceptors (Lipinski definition) is 3. The van der Waals surface area contributed by atoms with Gasteiger partial charge in [-0.2, -0.15) is 0 Å². The zero-order valence-corrected chi connectivity index (χ0v) is 13.7. The molecule has 0 aliphatic heterocycles. The number of nitrogens with zero attached hydrogens (tertiary/aromatic N) is 1. The van der Waals surface area contributed by atoms with Crippen LogP contribution in [-0.2, 0) is 16.3 Å². The van der Waals surface area contributed by atoms with Crippen LogP contribution in [0.3, 0.4) is 0 Å². The zero-order valence-electron chi connectivity index (χ0n) is 11.2. The largest absolute Gasteiger partial charge is 0.353 e. The Labute approximate surface area is 114 Å². The molecular weight excluding hydrogens is 271 g/mol. The fourth-order valence-corrected chi connectivity index (χ4v) is 5.96. The third-order valence-corrected chi connectivity index (χ3v) is 7.14. The molecule has 0 rings (SSSR count). The lowest BCUT2D eigenvalue weighted by molar-refractivity contribution is 0.276. The first-order valence-corrected chi connectivity index (χ1v) is 10.00. The molecule has 0 aliphatic rings. The first-order valence-electron chi connectivity index (χ1n) is 5.74. The Kier molecular flexibility index (Phi) is 9.24. The van der Waals surface area contributed by atoms with Crippen molar-refractivity contribution in [2.24, 2.45) is 10.7 Å². The minimum Gasteiger partial charge on any atom is -0.353 e. The standard InChI is InChI=1S/C11H23N2OPS2/c1-6-7-12-9-13-15(16,14-11(4)5)17-8-10(2)3/h6-7,9-11H,8H2,1-5H3,(H,12,13,16). The molecule has 0 aromatic carbocycles. The van der Waals surface area contributed by atoms with Gasteiger partial charge in [-0.1, -0.05) is 31.3 Å². The van der Waals surface area contributed by atoms with Gasteiger partial charge in [0.25, 0.3) is 0 Å². The fourth-order valence-electron chi connectivity index (χ4n) is 0.844. The van der Waals surface area contributed by atoms with E-state index in [9.17, 15) is 0 Å². The second-order valence-electron chi connectivity index (χ2n) is 4.22. The molecule has 1 N–H and O–H groups in total. The van der Waals surface area contributed by atoms with Crippen molar-refractivity contribution in [1.82, 2.24) is 5.32 Å². The van der Waals surface area contributed by atoms with Crippen LogP contribution < -0.4 is 5.32 Å². The van der Waals surface area contributed by atoms with Gasteiger partial charge in [-0.25, -0.2) is 4.76 Å². The lowest BCUT2D eigenvalue weighted by Crippen LogP contribution is -2.03. The number of rotatable bonds is 8. The van der Waals surface area contributed by atoms with E-state index in [1.807, 2.05) is 33.0 Å². The predicted molar refractivity (Wildman–Crippen MR) is 84.2 cm³/mol. The van der Waals surface area contributed by atoms with Crippen LogP contribution in [0.5, 0.6) is 0 Å². The van der Waals surface area contributed by atoms with Gasteiger partial charge in [0, 0.05) is 5.75 Å². The van der Waals surface area contributed by atoms with E-state index in [2.05, 4.69) is 23.9 Å². The van der Waals surface area contributed by atoms with Crippen LogP contribution in [-0.4, -0.2) is 18.2 Å². The maximum Gasteiger partial charge on any atom is 0.233 e. The monoisotopic (exact) mass is 294 g/mol. The Morgan fingerprint density at radius 2 is 2.06 bits per heavy atom. The highest BCUT2D eigenvalue weighted by Crippen LogP contribution is 2.62. The number of hydrogen-bond donors (Lipinski definition) is 1. The van der Waals surface area contributed by atoms with E-state index in [0.29, 0.717) is 5.92 Å². The highest BCUT2D eigenvalue weighted by atomic mass is 32.9. The average molecular weight is 294 g/mol. The van der Waals surface area contributed by atoms with Gasteiger partial charge in [0.05, 0.1) is 12.4 Å². The molecule has 0 saturated carbocycles. The van der Waals surface area contributed by atoms with Gasteiger partial charge < -0.3 is 9.84 Å². The average Bonchev–Trinajstić information content (AvgIpc) is 2.21. The molecule has 0 bridgehead atoms. The molecule has 0 heterocycles. The van der Waals surface area contributed by atoms with E-state index in [1.54, 1.807) is 17.7 Å². The third-order valence-electron chi connectivity index (χ3n) is 1.45. The lowest BCUT2D eigenvalue weighted by Gasteiger charge is -2.20. The zero-order chi connectivity index (χ0) is 13.3. The first kappa shape index (κ1) is 17.2. The number of allylic oxidation sites excluding steroid dienone is 1. The summed E-state index contributed by atoms with van der Waals surface area (Å²) < 4.78 is 10.2. The molecular formula is C11H23N2OPS2. The molecule has 0 radical (unpaired) electrons. The van der Waals surface area contributed by atoms with Gasteiger partial charge in [-0.15, -0.1) is 0 Å². The van der Waals surface area contributed by atoms with Crippen molar-refractivity contribution in [2.45, 2.75) is 40.7 Å². The Bertz CT molecular complexity index is 304. The summed E-state index contributed by atoms with van der Waals surface area (Å²) in [6.07, 6.45) is 5.46. The minimum atomic E-state index is -2.15. The molecule has 0 amide bonds. The maximum atomic E-state index is 5.80. The summed E-state index contributed by atoms with van der Waals surface area (Å²) in [6.45, 7) is 10.3. The summed E-state index contributed by atoms with van der Waals surface area (Å²) >= 11 is 7.20. The van der Waals surface area contributed by atoms with Crippen molar-refractivity contribution in [3.63, 3.8) is 0 Å². The summed E-state index contributed by atoms with van der Waals surface area (Å²) in [5.41, 5.74) is -2.15. The Morgan fingerprint density at radius 1 is 1.41 bits per heavy atom. The maximum absolute atomic E-state index is 5.80. The van der Waals surface area contributed by atoms with Crippen LogP contribution in [0.2, 0.25) is 0 Å². The van der Waals surface area contributed by atoms with E-state index < -0.39 is 5.62 Å². The molecule has 0 fully saturated rings. The van der Waals surface area contributed by atoms with Crippen LogP contribution in [0.1, 0.15) is 34.6 Å². The normalized spacial score (nSPS) is 16.2. The van der Waals surface area contributed by atoms with Crippen molar-refractivity contribution in [3.05, 3.63) is 12.3 Å². The fraction of sp³-hybridized carbons (Fsp3) is 0.727. The molecule has 1 atom stereocenters. The highest BCUT2D eigenvalue weighted by molar-refractivity contribution is 8.69. The van der Waals surface area contributed by atoms with Crippen LogP contribution in [0.4, 0.5) is 0 Å². The summed E-state index contributed by atoms with van der Waals surface area (Å²) in [6, 6.07) is 0. The predicted octanol–water partition coefficient (Wildman–Crippen LogP) is 4.18. The molecule has 0 saturated heterocycles. The number of nitrogens with one attached hydrogen (secondary N) is 1. The molecule has 0 aliphatic carbocycles. The Hall–Kier alpha value is 0.170. The Morgan fingerprint density at radius 3 is 2.53 bits per heavy atom. The van der Waals surface area contributed by atoms with E-state index in [0.717, 1.165) is 5.75 Å². The van der Waals surface area contributed by atoms with Gasteiger partial charge in [0.2, 0.25) is 5.62 Å². The molecule has 3 nitrogen and oxygen atoms in total. The topological polar surface area (TPSA) is 33.6 Å². The molecule has 6 heteroatoms. The van der Waals surface area contributed by atoms with E-state index in [-0.39, 0.29) is 6.10 Å². The summed E-state index contributed by atoms with van der Waals surface area (Å²) in [4.78, 5) is 0. The molecule has 100 valence electrons. The van der Waals surface area contributed by atoms with Crippen molar-refractivity contribution in [2.75, 3.05) is 5.75 Å². The third kappa shape index (κ3) is 9.83. The minimum absolute atomic E-state index is 0.111. The van der Waals surface area contributed by atoms with Crippen LogP contribution >= 0.6 is 17.0 Å². The van der Waals surface area contributed by atoms with Crippen LogP contribution in [0, 0.1) is 5.92 Å². The SMILES string of the molecule is CC=CNC=NP(=S)(OC(C)C)SCC(C)C. The van der Waals surface area contributed by atoms with Crippen molar-refractivity contribution >= 4 is 35.1 Å². The molecule has 0 aromatic heterocycles. The molecule has 17 heavy (non-hydrogen) atoms. The summed E-state index contributed by atoms with van der Waals surface area (Å²) in [5, 5.41) is 2.95. The molecule has 1 unspecified atom stereocenters. The van der Waals surface area contributed by atoms with Crippen molar-refractivity contribution in [3.8, 4) is 0 Å².